The summed E-state index contributed by atoms with van der Waals surface area (Å²) in [5.74, 6) is 1.56. The van der Waals surface area contributed by atoms with E-state index in [4.69, 9.17) is 0 Å². The van der Waals surface area contributed by atoms with E-state index in [9.17, 15) is 4.79 Å². The van der Waals surface area contributed by atoms with Crippen LogP contribution in [0.25, 0.3) is 22.2 Å². The van der Waals surface area contributed by atoms with Crippen LogP contribution in [0.15, 0.2) is 85.7 Å². The Morgan fingerprint density at radius 1 is 0.947 bits per heavy atom. The number of hydrogen-bond acceptors (Lipinski definition) is 7. The van der Waals surface area contributed by atoms with E-state index in [1.807, 2.05) is 61.1 Å². The molecule has 1 amide bonds. The Hall–Kier alpha value is -4.79. The molecule has 0 radical (unpaired) electrons. The third kappa shape index (κ3) is 5.62. The number of pyridine rings is 2. The number of benzene rings is 1. The highest BCUT2D eigenvalue weighted by molar-refractivity contribution is 6.06. The zero-order valence-electron chi connectivity index (χ0n) is 21.4. The van der Waals surface area contributed by atoms with Gasteiger partial charge in [0.15, 0.2) is 0 Å². The Morgan fingerprint density at radius 3 is 2.61 bits per heavy atom. The van der Waals surface area contributed by atoms with E-state index in [0.29, 0.717) is 12.1 Å². The van der Waals surface area contributed by atoms with Crippen molar-refractivity contribution < 1.29 is 4.79 Å². The predicted octanol–water partition coefficient (Wildman–Crippen LogP) is 4.58. The number of aromatic nitrogens is 5. The second-order valence-electron chi connectivity index (χ2n) is 9.03. The SMILES string of the molecule is CNC(=O)c1ccnc2c(C(C)CNc3cc(-c4ccc(NCCn5cccc5)nc4)ncn3)cccc12. The normalized spacial score (nSPS) is 11.7. The molecule has 9 heteroatoms. The Balaban J connectivity index is 1.24. The molecule has 0 bridgehead atoms. The van der Waals surface area contributed by atoms with Gasteiger partial charge in [-0.05, 0) is 35.9 Å². The summed E-state index contributed by atoms with van der Waals surface area (Å²) in [5, 5.41) is 10.3. The maximum atomic E-state index is 12.3. The van der Waals surface area contributed by atoms with Crippen molar-refractivity contribution in [2.45, 2.75) is 19.4 Å². The molecule has 0 saturated heterocycles. The summed E-state index contributed by atoms with van der Waals surface area (Å²) in [6, 6.07) is 17.6. The van der Waals surface area contributed by atoms with Gasteiger partial charge in [0.2, 0.25) is 0 Å². The average Bonchev–Trinajstić information content (AvgIpc) is 3.49. The predicted molar refractivity (Wildman–Crippen MR) is 150 cm³/mol. The lowest BCUT2D eigenvalue weighted by atomic mass is 9.96. The van der Waals surface area contributed by atoms with Gasteiger partial charge in [-0.3, -0.25) is 9.78 Å². The van der Waals surface area contributed by atoms with Crippen molar-refractivity contribution >= 4 is 28.4 Å². The summed E-state index contributed by atoms with van der Waals surface area (Å²) in [7, 11) is 1.63. The van der Waals surface area contributed by atoms with Gasteiger partial charge in [-0.15, -0.1) is 0 Å². The Bertz CT molecular complexity index is 1520. The van der Waals surface area contributed by atoms with Crippen LogP contribution in [-0.4, -0.2) is 50.5 Å². The largest absolute Gasteiger partial charge is 0.369 e. The molecular weight excluding hydrogens is 476 g/mol. The van der Waals surface area contributed by atoms with Crippen LogP contribution < -0.4 is 16.0 Å². The zero-order chi connectivity index (χ0) is 26.3. The fourth-order valence-corrected chi connectivity index (χ4v) is 4.39. The lowest BCUT2D eigenvalue weighted by Crippen LogP contribution is -2.18. The number of nitrogens with one attached hydrogen (secondary N) is 3. The summed E-state index contributed by atoms with van der Waals surface area (Å²) < 4.78 is 2.12. The van der Waals surface area contributed by atoms with E-state index < -0.39 is 0 Å². The number of anilines is 2. The number of nitrogens with zero attached hydrogens (tertiary/aromatic N) is 5. The molecule has 0 aliphatic heterocycles. The van der Waals surface area contributed by atoms with Crippen molar-refractivity contribution in [1.29, 1.82) is 0 Å². The Morgan fingerprint density at radius 2 is 1.82 bits per heavy atom. The lowest BCUT2D eigenvalue weighted by molar-refractivity contribution is 0.0964. The molecule has 1 atom stereocenters. The van der Waals surface area contributed by atoms with Gasteiger partial charge in [0.1, 0.15) is 18.0 Å². The van der Waals surface area contributed by atoms with Gasteiger partial charge >= 0.3 is 0 Å². The molecule has 0 spiro atoms. The number of hydrogen-bond donors (Lipinski definition) is 3. The first-order chi connectivity index (χ1) is 18.6. The quantitative estimate of drug-likeness (QED) is 0.254. The van der Waals surface area contributed by atoms with Gasteiger partial charge in [0, 0.05) is 74.4 Å². The van der Waals surface area contributed by atoms with Gasteiger partial charge in [-0.25, -0.2) is 15.0 Å². The molecule has 4 aromatic heterocycles. The fraction of sp³-hybridized carbons (Fsp3) is 0.207. The molecule has 0 aliphatic carbocycles. The molecule has 5 aromatic rings. The van der Waals surface area contributed by atoms with Crippen LogP contribution in [0.5, 0.6) is 0 Å². The maximum absolute atomic E-state index is 12.3. The smallest absolute Gasteiger partial charge is 0.251 e. The minimum atomic E-state index is -0.121. The van der Waals surface area contributed by atoms with E-state index in [1.54, 1.807) is 25.6 Å². The summed E-state index contributed by atoms with van der Waals surface area (Å²) in [5.41, 5.74) is 4.23. The molecule has 5 rings (SSSR count). The van der Waals surface area contributed by atoms with Crippen molar-refractivity contribution in [2.75, 3.05) is 30.8 Å². The van der Waals surface area contributed by atoms with Crippen molar-refractivity contribution in [3.63, 3.8) is 0 Å². The molecule has 0 aliphatic rings. The molecule has 0 fully saturated rings. The van der Waals surface area contributed by atoms with E-state index >= 15 is 0 Å². The number of carbonyl (C=O) groups is 1. The number of carbonyl (C=O) groups excluding carboxylic acids is 1. The minimum Gasteiger partial charge on any atom is -0.369 e. The van der Waals surface area contributed by atoms with Crippen LogP contribution in [0.1, 0.15) is 28.8 Å². The highest BCUT2D eigenvalue weighted by Gasteiger charge is 2.15. The second-order valence-corrected chi connectivity index (χ2v) is 9.03. The van der Waals surface area contributed by atoms with Crippen LogP contribution in [0.4, 0.5) is 11.6 Å². The maximum Gasteiger partial charge on any atom is 0.251 e. The third-order valence-electron chi connectivity index (χ3n) is 6.46. The Kier molecular flexibility index (Phi) is 7.54. The number of para-hydroxylation sites is 1. The minimum absolute atomic E-state index is 0.121. The topological polar surface area (TPSA) is 110 Å². The summed E-state index contributed by atoms with van der Waals surface area (Å²) in [4.78, 5) is 30.2. The molecule has 0 saturated carbocycles. The summed E-state index contributed by atoms with van der Waals surface area (Å²) in [6.07, 6.45) is 9.15. The number of rotatable bonds is 10. The Labute approximate surface area is 221 Å². The molecule has 4 heterocycles. The van der Waals surface area contributed by atoms with E-state index in [2.05, 4.69) is 53.4 Å². The molecule has 192 valence electrons. The molecule has 1 aromatic carbocycles. The van der Waals surface area contributed by atoms with Crippen LogP contribution in [-0.2, 0) is 6.54 Å². The first-order valence-electron chi connectivity index (χ1n) is 12.6. The standard InChI is InChI=1S/C29H30N8O/c1-20(22-6-5-7-23-24(29(38)30-2)10-11-32-28(22)23)17-33-27-16-25(35-19-36-27)21-8-9-26(34-18-21)31-12-15-37-13-3-4-14-37/h3-11,13-14,16,18-20H,12,15,17H2,1-2H3,(H,30,38)(H,31,34)(H,33,35,36). The van der Waals surface area contributed by atoms with E-state index in [-0.39, 0.29) is 11.8 Å². The van der Waals surface area contributed by atoms with Crippen molar-refractivity contribution in [2.24, 2.45) is 0 Å². The van der Waals surface area contributed by atoms with Crippen molar-refractivity contribution in [3.8, 4) is 11.3 Å². The highest BCUT2D eigenvalue weighted by atomic mass is 16.1. The van der Waals surface area contributed by atoms with Gasteiger partial charge in [0.05, 0.1) is 16.8 Å². The van der Waals surface area contributed by atoms with Crippen LogP contribution in [0.3, 0.4) is 0 Å². The van der Waals surface area contributed by atoms with Gasteiger partial charge in [0.25, 0.3) is 5.91 Å². The second kappa shape index (κ2) is 11.5. The van der Waals surface area contributed by atoms with Crippen molar-refractivity contribution in [3.05, 3.63) is 96.8 Å². The van der Waals surface area contributed by atoms with E-state index in [0.717, 1.165) is 52.4 Å². The molecule has 38 heavy (non-hydrogen) atoms. The fourth-order valence-electron chi connectivity index (χ4n) is 4.39. The van der Waals surface area contributed by atoms with Crippen LogP contribution >= 0.6 is 0 Å². The molecule has 3 N–H and O–H groups in total. The summed E-state index contributed by atoms with van der Waals surface area (Å²) >= 11 is 0. The monoisotopic (exact) mass is 506 g/mol. The first kappa shape index (κ1) is 24.9. The average molecular weight is 507 g/mol. The van der Waals surface area contributed by atoms with Crippen LogP contribution in [0.2, 0.25) is 0 Å². The van der Waals surface area contributed by atoms with Gasteiger partial charge in [-0.1, -0.05) is 25.1 Å². The summed E-state index contributed by atoms with van der Waals surface area (Å²) in [6.45, 7) is 4.44. The molecular formula is C29H30N8O. The van der Waals surface area contributed by atoms with E-state index in [1.165, 1.54) is 0 Å². The van der Waals surface area contributed by atoms with Gasteiger partial charge in [-0.2, -0.15) is 0 Å². The van der Waals surface area contributed by atoms with Crippen LogP contribution in [0, 0.1) is 0 Å². The number of fused-ring (bicyclic) bond motifs is 1. The van der Waals surface area contributed by atoms with Crippen molar-refractivity contribution in [1.82, 2.24) is 29.8 Å². The number of amides is 1. The lowest BCUT2D eigenvalue weighted by Gasteiger charge is -2.16. The highest BCUT2D eigenvalue weighted by Crippen LogP contribution is 2.27. The third-order valence-corrected chi connectivity index (χ3v) is 6.46. The molecule has 1 unspecified atom stereocenters. The first-order valence-corrected chi connectivity index (χ1v) is 12.6. The molecule has 9 nitrogen and oxygen atoms in total. The zero-order valence-corrected chi connectivity index (χ0v) is 21.4. The van der Waals surface area contributed by atoms with Gasteiger partial charge < -0.3 is 20.5 Å².